The summed E-state index contributed by atoms with van der Waals surface area (Å²) in [4.78, 5) is 38.9. The summed E-state index contributed by atoms with van der Waals surface area (Å²) >= 11 is 0. The number of amides is 3. The second kappa shape index (κ2) is 8.28. The van der Waals surface area contributed by atoms with Gasteiger partial charge in [-0.2, -0.15) is 0 Å². The first-order valence-electron chi connectivity index (χ1n) is 7.63. The van der Waals surface area contributed by atoms with Crippen molar-refractivity contribution in [3.8, 4) is 0 Å². The molecular weight excluding hydrogens is 298 g/mol. The third-order valence-electron chi connectivity index (χ3n) is 3.56. The molecule has 0 radical (unpaired) electrons. The van der Waals surface area contributed by atoms with Crippen LogP contribution in [0.1, 0.15) is 17.3 Å². The van der Waals surface area contributed by atoms with Crippen LogP contribution in [0.2, 0.25) is 0 Å². The van der Waals surface area contributed by atoms with Gasteiger partial charge in [0.25, 0.3) is 5.91 Å². The zero-order valence-electron chi connectivity index (χ0n) is 13.2. The summed E-state index contributed by atoms with van der Waals surface area (Å²) in [6.07, 6.45) is -0.726. The summed E-state index contributed by atoms with van der Waals surface area (Å²) in [5.41, 5.74) is 0.668. The minimum atomic E-state index is -0.726. The van der Waals surface area contributed by atoms with E-state index in [0.717, 1.165) is 0 Å². The van der Waals surface area contributed by atoms with Gasteiger partial charge in [0, 0.05) is 31.7 Å². The predicted octanol–water partition coefficient (Wildman–Crippen LogP) is 0.717. The molecule has 0 atom stereocenters. The van der Waals surface area contributed by atoms with Crippen molar-refractivity contribution in [3.63, 3.8) is 0 Å². The summed E-state index contributed by atoms with van der Waals surface area (Å²) in [5.74, 6) is -0.396. The molecule has 1 saturated heterocycles. The highest BCUT2D eigenvalue weighted by atomic mass is 16.5. The Labute approximate surface area is 135 Å². The zero-order chi connectivity index (χ0) is 16.7. The van der Waals surface area contributed by atoms with E-state index in [1.165, 1.54) is 0 Å². The average Bonchev–Trinajstić information content (AvgIpc) is 2.56. The largest absolute Gasteiger partial charge is 0.450 e. The van der Waals surface area contributed by atoms with Crippen LogP contribution in [0.3, 0.4) is 0 Å². The lowest BCUT2D eigenvalue weighted by Crippen LogP contribution is -2.51. The molecule has 1 aromatic carbocycles. The maximum Gasteiger partial charge on any atom is 0.413 e. The molecule has 0 aliphatic carbocycles. The molecule has 1 aliphatic rings. The number of nitrogens with zero attached hydrogens (tertiary/aromatic N) is 2. The Bertz CT molecular complexity index is 554. The van der Waals surface area contributed by atoms with E-state index in [4.69, 9.17) is 0 Å². The fourth-order valence-electron chi connectivity index (χ4n) is 2.40. The molecule has 1 aromatic rings. The van der Waals surface area contributed by atoms with Crippen LogP contribution in [0, 0.1) is 0 Å². The van der Waals surface area contributed by atoms with Crippen LogP contribution in [-0.2, 0) is 9.53 Å². The van der Waals surface area contributed by atoms with Crippen molar-refractivity contribution >= 4 is 17.9 Å². The van der Waals surface area contributed by atoms with E-state index in [-0.39, 0.29) is 19.1 Å². The first-order valence-corrected chi connectivity index (χ1v) is 7.63. The number of rotatable bonds is 4. The molecule has 0 spiro atoms. The number of nitrogens with one attached hydrogen (secondary N) is 1. The monoisotopic (exact) mass is 319 g/mol. The molecule has 1 N–H and O–H groups in total. The number of carbonyl (C=O) groups is 3. The van der Waals surface area contributed by atoms with Crippen molar-refractivity contribution in [2.75, 3.05) is 39.3 Å². The van der Waals surface area contributed by atoms with Crippen molar-refractivity contribution in [1.82, 2.24) is 15.1 Å². The van der Waals surface area contributed by atoms with Gasteiger partial charge in [-0.25, -0.2) is 4.79 Å². The Hall–Kier alpha value is -2.41. The van der Waals surface area contributed by atoms with Gasteiger partial charge in [-0.05, 0) is 19.1 Å². The number of hydrogen-bond donors (Lipinski definition) is 1. The smallest absolute Gasteiger partial charge is 0.413 e. The molecule has 0 bridgehead atoms. The molecule has 124 valence electrons. The van der Waals surface area contributed by atoms with Gasteiger partial charge in [0.15, 0.2) is 0 Å². The average molecular weight is 319 g/mol. The number of imide groups is 1. The summed E-state index contributed by atoms with van der Waals surface area (Å²) < 4.78 is 4.66. The lowest BCUT2D eigenvalue weighted by atomic mass is 10.2. The van der Waals surface area contributed by atoms with Gasteiger partial charge in [-0.1, -0.05) is 18.2 Å². The minimum absolute atomic E-state index is 0.00113. The number of carbonyl (C=O) groups excluding carboxylic acids is 3. The van der Waals surface area contributed by atoms with Crippen LogP contribution in [0.25, 0.3) is 0 Å². The van der Waals surface area contributed by atoms with Crippen LogP contribution in [-0.4, -0.2) is 67.0 Å². The van der Waals surface area contributed by atoms with Crippen molar-refractivity contribution < 1.29 is 19.1 Å². The molecule has 7 nitrogen and oxygen atoms in total. The molecule has 1 heterocycles. The Balaban J connectivity index is 1.77. The van der Waals surface area contributed by atoms with Crippen molar-refractivity contribution in [2.45, 2.75) is 6.92 Å². The lowest BCUT2D eigenvalue weighted by Gasteiger charge is -2.34. The van der Waals surface area contributed by atoms with E-state index in [0.29, 0.717) is 31.7 Å². The number of benzene rings is 1. The van der Waals surface area contributed by atoms with E-state index in [1.54, 1.807) is 24.0 Å². The molecule has 0 unspecified atom stereocenters. The molecule has 2 rings (SSSR count). The van der Waals surface area contributed by atoms with E-state index in [9.17, 15) is 14.4 Å². The molecule has 1 fully saturated rings. The normalized spacial score (nSPS) is 15.1. The number of alkyl carbamates (subject to hydrolysis) is 1. The van der Waals surface area contributed by atoms with Crippen LogP contribution in [0.5, 0.6) is 0 Å². The van der Waals surface area contributed by atoms with E-state index < -0.39 is 12.0 Å². The highest BCUT2D eigenvalue weighted by molar-refractivity contribution is 5.94. The minimum Gasteiger partial charge on any atom is -0.450 e. The van der Waals surface area contributed by atoms with Crippen molar-refractivity contribution in [2.24, 2.45) is 0 Å². The Morgan fingerprint density at radius 3 is 2.35 bits per heavy atom. The first kappa shape index (κ1) is 17.0. The number of ether oxygens (including phenoxy) is 1. The fraction of sp³-hybridized carbons (Fsp3) is 0.438. The molecule has 1 aliphatic heterocycles. The van der Waals surface area contributed by atoms with Gasteiger partial charge in [0.2, 0.25) is 5.91 Å². The Morgan fingerprint density at radius 2 is 1.74 bits per heavy atom. The van der Waals surface area contributed by atoms with Gasteiger partial charge in [-0.3, -0.25) is 19.8 Å². The highest BCUT2D eigenvalue weighted by Crippen LogP contribution is 2.08. The Kier molecular flexibility index (Phi) is 6.10. The third-order valence-corrected chi connectivity index (χ3v) is 3.56. The van der Waals surface area contributed by atoms with Crippen LogP contribution in [0.4, 0.5) is 4.79 Å². The summed E-state index contributed by atoms with van der Waals surface area (Å²) in [6, 6.07) is 9.13. The second-order valence-electron chi connectivity index (χ2n) is 5.20. The summed E-state index contributed by atoms with van der Waals surface area (Å²) in [5, 5.41) is 2.17. The quantitative estimate of drug-likeness (QED) is 0.884. The lowest BCUT2D eigenvalue weighted by molar-refractivity contribution is -0.121. The SMILES string of the molecule is CCOC(=O)NC(=O)CN1CCN(C(=O)c2ccccc2)CC1. The zero-order valence-corrected chi connectivity index (χ0v) is 13.2. The molecule has 0 saturated carbocycles. The van der Waals surface area contributed by atoms with E-state index in [2.05, 4.69) is 10.1 Å². The highest BCUT2D eigenvalue weighted by Gasteiger charge is 2.23. The topological polar surface area (TPSA) is 79.0 Å². The number of piperazine rings is 1. The summed E-state index contributed by atoms with van der Waals surface area (Å²) in [7, 11) is 0. The maximum absolute atomic E-state index is 12.3. The molecule has 23 heavy (non-hydrogen) atoms. The standard InChI is InChI=1S/C16H21N3O4/c1-2-23-16(22)17-14(20)12-18-8-10-19(11-9-18)15(21)13-6-4-3-5-7-13/h3-7H,2,8-12H2,1H3,(H,17,20,22). The van der Waals surface area contributed by atoms with Gasteiger partial charge in [0.05, 0.1) is 13.2 Å². The predicted molar refractivity (Wildman–Crippen MR) is 84.0 cm³/mol. The van der Waals surface area contributed by atoms with Gasteiger partial charge < -0.3 is 9.64 Å². The van der Waals surface area contributed by atoms with Crippen LogP contribution in [0.15, 0.2) is 30.3 Å². The van der Waals surface area contributed by atoms with Crippen molar-refractivity contribution in [3.05, 3.63) is 35.9 Å². The third kappa shape index (κ3) is 5.07. The van der Waals surface area contributed by atoms with Crippen LogP contribution < -0.4 is 5.32 Å². The van der Waals surface area contributed by atoms with Gasteiger partial charge in [0.1, 0.15) is 0 Å². The fourth-order valence-corrected chi connectivity index (χ4v) is 2.40. The van der Waals surface area contributed by atoms with Crippen molar-refractivity contribution in [1.29, 1.82) is 0 Å². The Morgan fingerprint density at radius 1 is 1.09 bits per heavy atom. The van der Waals surface area contributed by atoms with Gasteiger partial charge >= 0.3 is 6.09 Å². The maximum atomic E-state index is 12.3. The van der Waals surface area contributed by atoms with E-state index >= 15 is 0 Å². The molecule has 7 heteroatoms. The first-order chi connectivity index (χ1) is 11.1. The summed E-state index contributed by atoms with van der Waals surface area (Å²) in [6.45, 7) is 4.31. The molecule has 0 aromatic heterocycles. The number of hydrogen-bond acceptors (Lipinski definition) is 5. The van der Waals surface area contributed by atoms with Crippen LogP contribution >= 0.6 is 0 Å². The molecular formula is C16H21N3O4. The van der Waals surface area contributed by atoms with E-state index in [1.807, 2.05) is 23.1 Å². The second-order valence-corrected chi connectivity index (χ2v) is 5.20. The molecule has 3 amide bonds. The van der Waals surface area contributed by atoms with Gasteiger partial charge in [-0.15, -0.1) is 0 Å².